The van der Waals surface area contributed by atoms with E-state index in [4.69, 9.17) is 0 Å². The molecule has 0 spiro atoms. The predicted molar refractivity (Wildman–Crippen MR) is 116 cm³/mol. The molecule has 0 fully saturated rings. The molecule has 25 heavy (non-hydrogen) atoms. The normalized spacial score (nSPS) is 22.6. The predicted octanol–water partition coefficient (Wildman–Crippen LogP) is 7.41. The molecule has 0 radical (unpaired) electrons. The fraction of sp³-hybridized carbons (Fsp3) is 1.00. The van der Waals surface area contributed by atoms with Crippen LogP contribution in [0.3, 0.4) is 0 Å². The van der Waals surface area contributed by atoms with Crippen LogP contribution in [-0.4, -0.2) is 12.1 Å². The lowest BCUT2D eigenvalue weighted by Gasteiger charge is -2.46. The van der Waals surface area contributed by atoms with Crippen molar-refractivity contribution in [3.05, 3.63) is 0 Å². The topological polar surface area (TPSA) is 12.0 Å². The third-order valence-corrected chi connectivity index (χ3v) is 8.43. The van der Waals surface area contributed by atoms with Crippen molar-refractivity contribution >= 4 is 0 Å². The van der Waals surface area contributed by atoms with Gasteiger partial charge in [0.1, 0.15) is 0 Å². The second kappa shape index (κ2) is 11.0. The first-order valence-corrected chi connectivity index (χ1v) is 11.2. The van der Waals surface area contributed by atoms with Crippen molar-refractivity contribution in [1.29, 1.82) is 0 Å². The van der Waals surface area contributed by atoms with Gasteiger partial charge in [-0.25, -0.2) is 0 Å². The highest BCUT2D eigenvalue weighted by molar-refractivity contribution is 4.92. The van der Waals surface area contributed by atoms with E-state index in [2.05, 4.69) is 88.4 Å². The van der Waals surface area contributed by atoms with Gasteiger partial charge in [0.2, 0.25) is 0 Å². The molecule has 0 saturated heterocycles. The molecular weight excluding hydrogens is 302 g/mol. The quantitative estimate of drug-likeness (QED) is 0.385. The van der Waals surface area contributed by atoms with Gasteiger partial charge in [0.05, 0.1) is 0 Å². The number of rotatable bonds is 12. The molecule has 0 aromatic rings. The van der Waals surface area contributed by atoms with Gasteiger partial charge in [0.25, 0.3) is 0 Å². The molecule has 0 saturated carbocycles. The third-order valence-electron chi connectivity index (χ3n) is 8.43. The van der Waals surface area contributed by atoms with E-state index in [-0.39, 0.29) is 0 Å². The maximum absolute atomic E-state index is 4.06. The molecule has 1 heteroatoms. The molecular formula is C24H51N. The van der Waals surface area contributed by atoms with E-state index in [0.717, 1.165) is 29.6 Å². The summed E-state index contributed by atoms with van der Waals surface area (Å²) in [7, 11) is 0. The van der Waals surface area contributed by atoms with Crippen LogP contribution in [0.15, 0.2) is 0 Å². The average Bonchev–Trinajstić information content (AvgIpc) is 2.61. The van der Waals surface area contributed by atoms with Crippen LogP contribution in [0.25, 0.3) is 0 Å². The van der Waals surface area contributed by atoms with Gasteiger partial charge in [-0.05, 0) is 54.3 Å². The van der Waals surface area contributed by atoms with Crippen LogP contribution in [0.4, 0.5) is 0 Å². The zero-order chi connectivity index (χ0) is 19.9. The second-order valence-corrected chi connectivity index (χ2v) is 9.87. The number of hydrogen-bond acceptors (Lipinski definition) is 1. The molecule has 1 nitrogen and oxygen atoms in total. The molecule has 0 heterocycles. The maximum Gasteiger partial charge on any atom is 0.0121 e. The van der Waals surface area contributed by atoms with Crippen LogP contribution in [0.1, 0.15) is 102 Å². The van der Waals surface area contributed by atoms with E-state index in [0.29, 0.717) is 23.4 Å². The highest BCUT2D eigenvalue weighted by atomic mass is 15.0. The summed E-state index contributed by atoms with van der Waals surface area (Å²) in [6, 6.07) is 1.15. The summed E-state index contributed by atoms with van der Waals surface area (Å²) in [5.74, 6) is 4.56. The molecule has 0 aliphatic carbocycles. The SMILES string of the molecule is CCC(C)C(C)C(C)C(C)NC(CC)C(C)(C)C(C)C(C)C(C)CC. The first kappa shape index (κ1) is 25.0. The van der Waals surface area contributed by atoms with Crippen molar-refractivity contribution < 1.29 is 0 Å². The highest BCUT2D eigenvalue weighted by Gasteiger charge is 2.38. The van der Waals surface area contributed by atoms with Crippen molar-refractivity contribution in [2.75, 3.05) is 0 Å². The van der Waals surface area contributed by atoms with Crippen molar-refractivity contribution in [3.63, 3.8) is 0 Å². The summed E-state index contributed by atoms with van der Waals surface area (Å²) in [6.45, 7) is 29.1. The van der Waals surface area contributed by atoms with Gasteiger partial charge in [-0.1, -0.05) is 89.0 Å². The van der Waals surface area contributed by atoms with E-state index in [1.54, 1.807) is 0 Å². The standard InChI is InChI=1S/C24H51N/c1-13-16(4)18(6)20(8)22(10)25-23(15-3)24(11,12)21(9)19(7)17(5)14-2/h16-23,25H,13-15H2,1-12H3. The molecule has 1 N–H and O–H groups in total. The van der Waals surface area contributed by atoms with Crippen LogP contribution in [0.5, 0.6) is 0 Å². The first-order valence-electron chi connectivity index (χ1n) is 11.2. The van der Waals surface area contributed by atoms with E-state index in [9.17, 15) is 0 Å². The summed E-state index contributed by atoms with van der Waals surface area (Å²) >= 11 is 0. The van der Waals surface area contributed by atoms with Gasteiger partial charge in [-0.2, -0.15) is 0 Å². The van der Waals surface area contributed by atoms with Crippen LogP contribution >= 0.6 is 0 Å². The zero-order valence-electron chi connectivity index (χ0n) is 19.7. The molecule has 0 aromatic carbocycles. The largest absolute Gasteiger partial charge is 0.311 e. The molecule has 152 valence electrons. The summed E-state index contributed by atoms with van der Waals surface area (Å²) < 4.78 is 0. The van der Waals surface area contributed by atoms with E-state index < -0.39 is 0 Å². The molecule has 8 atom stereocenters. The minimum Gasteiger partial charge on any atom is -0.311 e. The summed E-state index contributed by atoms with van der Waals surface area (Å²) in [6.07, 6.45) is 3.77. The van der Waals surface area contributed by atoms with E-state index in [1.165, 1.54) is 19.3 Å². The minimum absolute atomic E-state index is 0.311. The van der Waals surface area contributed by atoms with Crippen molar-refractivity contribution in [2.24, 2.45) is 40.9 Å². The van der Waals surface area contributed by atoms with Crippen LogP contribution in [-0.2, 0) is 0 Å². The number of nitrogens with one attached hydrogen (secondary N) is 1. The molecule has 8 unspecified atom stereocenters. The minimum atomic E-state index is 0.311. The summed E-state index contributed by atoms with van der Waals surface area (Å²) in [4.78, 5) is 0. The average molecular weight is 354 g/mol. The Balaban J connectivity index is 5.11. The Hall–Kier alpha value is -0.0400. The second-order valence-electron chi connectivity index (χ2n) is 9.87. The van der Waals surface area contributed by atoms with Gasteiger partial charge >= 0.3 is 0 Å². The maximum atomic E-state index is 4.06. The first-order chi connectivity index (χ1) is 11.4. The van der Waals surface area contributed by atoms with E-state index in [1.807, 2.05) is 0 Å². The van der Waals surface area contributed by atoms with Gasteiger partial charge < -0.3 is 5.32 Å². The number of hydrogen-bond donors (Lipinski definition) is 1. The Bertz CT molecular complexity index is 348. The molecule has 0 aromatic heterocycles. The Morgan fingerprint density at radius 2 is 1.08 bits per heavy atom. The van der Waals surface area contributed by atoms with Gasteiger partial charge in [0, 0.05) is 12.1 Å². The Morgan fingerprint density at radius 3 is 1.48 bits per heavy atom. The van der Waals surface area contributed by atoms with Crippen LogP contribution in [0, 0.1) is 40.9 Å². The summed E-state index contributed by atoms with van der Waals surface area (Å²) in [5, 5.41) is 4.06. The van der Waals surface area contributed by atoms with Crippen molar-refractivity contribution in [2.45, 2.75) is 114 Å². The smallest absolute Gasteiger partial charge is 0.0121 e. The van der Waals surface area contributed by atoms with Gasteiger partial charge in [-0.3, -0.25) is 0 Å². The molecule has 0 rings (SSSR count). The Morgan fingerprint density at radius 1 is 0.640 bits per heavy atom. The lowest BCUT2D eigenvalue weighted by Crippen LogP contribution is -2.52. The molecule has 0 amide bonds. The van der Waals surface area contributed by atoms with Gasteiger partial charge in [-0.15, -0.1) is 0 Å². The highest BCUT2D eigenvalue weighted by Crippen LogP contribution is 2.40. The fourth-order valence-corrected chi connectivity index (χ4v) is 4.53. The molecule has 0 aliphatic heterocycles. The molecule has 0 bridgehead atoms. The molecule has 0 aliphatic rings. The zero-order valence-corrected chi connectivity index (χ0v) is 19.7. The monoisotopic (exact) mass is 353 g/mol. The van der Waals surface area contributed by atoms with Crippen LogP contribution < -0.4 is 5.32 Å². The van der Waals surface area contributed by atoms with Gasteiger partial charge in [0.15, 0.2) is 0 Å². The van der Waals surface area contributed by atoms with Crippen molar-refractivity contribution in [1.82, 2.24) is 5.32 Å². The summed E-state index contributed by atoms with van der Waals surface area (Å²) in [5.41, 5.74) is 0.311. The van der Waals surface area contributed by atoms with Crippen LogP contribution in [0.2, 0.25) is 0 Å². The van der Waals surface area contributed by atoms with E-state index >= 15 is 0 Å². The lowest BCUT2D eigenvalue weighted by atomic mass is 9.65. The Kier molecular flexibility index (Phi) is 10.9. The lowest BCUT2D eigenvalue weighted by molar-refractivity contribution is 0.0685. The Labute approximate surface area is 161 Å². The third kappa shape index (κ3) is 6.56. The van der Waals surface area contributed by atoms with Crippen molar-refractivity contribution in [3.8, 4) is 0 Å². The fourth-order valence-electron chi connectivity index (χ4n) is 4.53.